The monoisotopic (exact) mass is 250 g/mol. The zero-order valence-electron chi connectivity index (χ0n) is 10.5. The lowest BCUT2D eigenvalue weighted by Crippen LogP contribution is -2.51. The molecule has 0 saturated carbocycles. The van der Waals surface area contributed by atoms with Crippen LogP contribution in [0.5, 0.6) is 0 Å². The summed E-state index contributed by atoms with van der Waals surface area (Å²) in [5.74, 6) is 4.41. The molecule has 6 heteroatoms. The Labute approximate surface area is 106 Å². The number of pyridine rings is 1. The lowest BCUT2D eigenvalue weighted by atomic mass is 10.0. The van der Waals surface area contributed by atoms with Gasteiger partial charge in [0.25, 0.3) is 5.91 Å². The molecule has 0 aromatic carbocycles. The van der Waals surface area contributed by atoms with Gasteiger partial charge < -0.3 is 5.32 Å². The third-order valence-electron chi connectivity index (χ3n) is 2.50. The lowest BCUT2D eigenvalue weighted by Gasteiger charge is -2.20. The SMILES string of the molecule is CC(C)[C@H](NC(=O)Cc1cccnc1)C(=O)NN. The third kappa shape index (κ3) is 4.14. The van der Waals surface area contributed by atoms with Crippen LogP contribution in [0, 0.1) is 5.92 Å². The van der Waals surface area contributed by atoms with E-state index in [1.165, 1.54) is 0 Å². The van der Waals surface area contributed by atoms with Crippen LogP contribution in [0.3, 0.4) is 0 Å². The summed E-state index contributed by atoms with van der Waals surface area (Å²) in [5, 5.41) is 2.66. The minimum absolute atomic E-state index is 0.0357. The van der Waals surface area contributed by atoms with Crippen LogP contribution in [-0.2, 0) is 16.0 Å². The average molecular weight is 250 g/mol. The van der Waals surface area contributed by atoms with Gasteiger partial charge >= 0.3 is 0 Å². The van der Waals surface area contributed by atoms with Crippen LogP contribution in [0.15, 0.2) is 24.5 Å². The first-order valence-electron chi connectivity index (χ1n) is 5.73. The predicted octanol–water partition coefficient (Wildman–Crippen LogP) is -0.245. The fourth-order valence-corrected chi connectivity index (χ4v) is 1.54. The van der Waals surface area contributed by atoms with E-state index in [1.54, 1.807) is 24.5 Å². The summed E-state index contributed by atoms with van der Waals surface area (Å²) in [6.45, 7) is 3.68. The van der Waals surface area contributed by atoms with Gasteiger partial charge in [-0.25, -0.2) is 5.84 Å². The quantitative estimate of drug-likeness (QED) is 0.381. The number of carbonyl (C=O) groups is 2. The molecule has 0 saturated heterocycles. The van der Waals surface area contributed by atoms with Crippen molar-refractivity contribution in [2.24, 2.45) is 11.8 Å². The number of nitrogens with zero attached hydrogens (tertiary/aromatic N) is 1. The highest BCUT2D eigenvalue weighted by Crippen LogP contribution is 2.03. The maximum absolute atomic E-state index is 11.8. The van der Waals surface area contributed by atoms with Gasteiger partial charge in [-0.05, 0) is 17.5 Å². The lowest BCUT2D eigenvalue weighted by molar-refractivity contribution is -0.129. The normalized spacial score (nSPS) is 12.0. The van der Waals surface area contributed by atoms with E-state index in [0.717, 1.165) is 5.56 Å². The third-order valence-corrected chi connectivity index (χ3v) is 2.50. The van der Waals surface area contributed by atoms with Gasteiger partial charge in [-0.1, -0.05) is 19.9 Å². The molecule has 0 spiro atoms. The number of hydrogen-bond donors (Lipinski definition) is 3. The maximum atomic E-state index is 11.8. The molecule has 0 aliphatic rings. The highest BCUT2D eigenvalue weighted by atomic mass is 16.2. The second-order valence-corrected chi connectivity index (χ2v) is 4.34. The Morgan fingerprint density at radius 1 is 1.44 bits per heavy atom. The van der Waals surface area contributed by atoms with Crippen molar-refractivity contribution in [3.63, 3.8) is 0 Å². The molecule has 0 unspecified atom stereocenters. The van der Waals surface area contributed by atoms with Crippen LogP contribution in [-0.4, -0.2) is 22.8 Å². The number of aromatic nitrogens is 1. The van der Waals surface area contributed by atoms with Crippen molar-refractivity contribution in [2.75, 3.05) is 0 Å². The summed E-state index contributed by atoms with van der Waals surface area (Å²) in [6, 6.07) is 2.94. The van der Waals surface area contributed by atoms with Gasteiger partial charge in [0.1, 0.15) is 6.04 Å². The molecule has 2 amide bonds. The minimum Gasteiger partial charge on any atom is -0.344 e. The molecule has 1 aromatic rings. The smallest absolute Gasteiger partial charge is 0.256 e. The number of carbonyl (C=O) groups excluding carboxylic acids is 2. The largest absolute Gasteiger partial charge is 0.344 e. The molecule has 0 fully saturated rings. The van der Waals surface area contributed by atoms with Crippen molar-refractivity contribution in [3.8, 4) is 0 Å². The Morgan fingerprint density at radius 2 is 2.17 bits per heavy atom. The molecule has 0 bridgehead atoms. The summed E-state index contributed by atoms with van der Waals surface area (Å²) in [5.41, 5.74) is 2.85. The first-order valence-corrected chi connectivity index (χ1v) is 5.73. The van der Waals surface area contributed by atoms with E-state index < -0.39 is 11.9 Å². The van der Waals surface area contributed by atoms with E-state index in [9.17, 15) is 9.59 Å². The fraction of sp³-hybridized carbons (Fsp3) is 0.417. The standard InChI is InChI=1S/C12H18N4O2/c1-8(2)11(12(18)16-13)15-10(17)6-9-4-3-5-14-7-9/h3-5,7-8,11H,6,13H2,1-2H3,(H,15,17)(H,16,18)/t11-/m0/s1. The highest BCUT2D eigenvalue weighted by Gasteiger charge is 2.23. The molecule has 0 aliphatic heterocycles. The molecule has 18 heavy (non-hydrogen) atoms. The summed E-state index contributed by atoms with van der Waals surface area (Å²) in [6.07, 6.45) is 3.45. The van der Waals surface area contributed by atoms with Crippen LogP contribution in [0.25, 0.3) is 0 Å². The second-order valence-electron chi connectivity index (χ2n) is 4.34. The van der Waals surface area contributed by atoms with Gasteiger partial charge in [0, 0.05) is 12.4 Å². The van der Waals surface area contributed by atoms with E-state index in [4.69, 9.17) is 5.84 Å². The topological polar surface area (TPSA) is 97.1 Å². The molecule has 0 radical (unpaired) electrons. The molecule has 98 valence electrons. The van der Waals surface area contributed by atoms with E-state index in [2.05, 4.69) is 10.3 Å². The minimum atomic E-state index is -0.626. The molecule has 1 aromatic heterocycles. The van der Waals surface area contributed by atoms with E-state index in [-0.39, 0.29) is 18.2 Å². The van der Waals surface area contributed by atoms with Crippen LogP contribution in [0.1, 0.15) is 19.4 Å². The van der Waals surface area contributed by atoms with Crippen molar-refractivity contribution in [1.82, 2.24) is 15.7 Å². The number of nitrogens with one attached hydrogen (secondary N) is 2. The fourth-order valence-electron chi connectivity index (χ4n) is 1.54. The Morgan fingerprint density at radius 3 is 2.67 bits per heavy atom. The highest BCUT2D eigenvalue weighted by molar-refractivity contribution is 5.88. The zero-order valence-corrected chi connectivity index (χ0v) is 10.5. The molecule has 6 nitrogen and oxygen atoms in total. The van der Waals surface area contributed by atoms with Crippen molar-refractivity contribution in [3.05, 3.63) is 30.1 Å². The van der Waals surface area contributed by atoms with E-state index in [0.29, 0.717) is 0 Å². The molecular formula is C12H18N4O2. The van der Waals surface area contributed by atoms with Gasteiger partial charge in [-0.15, -0.1) is 0 Å². The number of hydrazine groups is 1. The molecule has 1 heterocycles. The molecule has 4 N–H and O–H groups in total. The Hall–Kier alpha value is -1.95. The van der Waals surface area contributed by atoms with Gasteiger partial charge in [0.2, 0.25) is 5.91 Å². The van der Waals surface area contributed by atoms with Gasteiger partial charge in [0.15, 0.2) is 0 Å². The Balaban J connectivity index is 2.60. The first kappa shape index (κ1) is 14.1. The zero-order chi connectivity index (χ0) is 13.5. The number of amides is 2. The van der Waals surface area contributed by atoms with Gasteiger partial charge in [-0.2, -0.15) is 0 Å². The predicted molar refractivity (Wildman–Crippen MR) is 67.0 cm³/mol. The average Bonchev–Trinajstić information content (AvgIpc) is 2.36. The molecule has 0 aliphatic carbocycles. The number of nitrogens with two attached hydrogens (primary N) is 1. The van der Waals surface area contributed by atoms with Crippen LogP contribution in [0.2, 0.25) is 0 Å². The van der Waals surface area contributed by atoms with E-state index >= 15 is 0 Å². The summed E-state index contributed by atoms with van der Waals surface area (Å²) >= 11 is 0. The Kier molecular flexibility index (Phi) is 5.26. The van der Waals surface area contributed by atoms with Crippen molar-refractivity contribution >= 4 is 11.8 Å². The summed E-state index contributed by atoms with van der Waals surface area (Å²) in [4.78, 5) is 27.2. The van der Waals surface area contributed by atoms with Crippen LogP contribution < -0.4 is 16.6 Å². The molecule has 1 atom stereocenters. The number of hydrogen-bond acceptors (Lipinski definition) is 4. The van der Waals surface area contributed by atoms with E-state index in [1.807, 2.05) is 19.3 Å². The van der Waals surface area contributed by atoms with Crippen molar-refractivity contribution in [2.45, 2.75) is 26.3 Å². The molecule has 1 rings (SSSR count). The maximum Gasteiger partial charge on any atom is 0.256 e. The van der Waals surface area contributed by atoms with Crippen molar-refractivity contribution in [1.29, 1.82) is 0 Å². The van der Waals surface area contributed by atoms with Crippen molar-refractivity contribution < 1.29 is 9.59 Å². The van der Waals surface area contributed by atoms with Gasteiger partial charge in [0.05, 0.1) is 6.42 Å². The van der Waals surface area contributed by atoms with Crippen LogP contribution in [0.4, 0.5) is 0 Å². The first-order chi connectivity index (χ1) is 8.54. The summed E-state index contributed by atoms with van der Waals surface area (Å²) < 4.78 is 0. The van der Waals surface area contributed by atoms with Gasteiger partial charge in [-0.3, -0.25) is 20.0 Å². The Bertz CT molecular complexity index is 406. The van der Waals surface area contributed by atoms with Crippen LogP contribution >= 0.6 is 0 Å². The second kappa shape index (κ2) is 6.70. The summed E-state index contributed by atoms with van der Waals surface area (Å²) in [7, 11) is 0. The molecular weight excluding hydrogens is 232 g/mol. The number of rotatable bonds is 5.